The normalized spacial score (nSPS) is 12.4. The maximum Gasteiger partial charge on any atom is 0.305 e. The molecule has 1 unspecified atom stereocenters. The van der Waals surface area contributed by atoms with E-state index < -0.39 is 6.10 Å². The molecule has 0 spiro atoms. The Morgan fingerprint density at radius 2 is 2.47 bits per heavy atom. The van der Waals surface area contributed by atoms with E-state index in [9.17, 15) is 9.90 Å². The van der Waals surface area contributed by atoms with Crippen LogP contribution in [0.2, 0.25) is 0 Å². The molecule has 0 aliphatic rings. The summed E-state index contributed by atoms with van der Waals surface area (Å²) in [5.41, 5.74) is 0. The van der Waals surface area contributed by atoms with Crippen LogP contribution in [0.3, 0.4) is 0 Å². The van der Waals surface area contributed by atoms with Crippen LogP contribution in [0.25, 0.3) is 0 Å². The van der Waals surface area contributed by atoms with Crippen LogP contribution in [0.5, 0.6) is 0 Å². The Balaban J connectivity index is 2.03. The lowest BCUT2D eigenvalue weighted by Gasteiger charge is -2.09. The van der Waals surface area contributed by atoms with Crippen molar-refractivity contribution in [1.29, 1.82) is 0 Å². The molecule has 96 valence electrons. The Labute approximate surface area is 106 Å². The first-order chi connectivity index (χ1) is 8.24. The summed E-state index contributed by atoms with van der Waals surface area (Å²) in [6.45, 7) is 3.46. The highest BCUT2D eigenvalue weighted by Crippen LogP contribution is 2.17. The minimum atomic E-state index is -0.461. The Bertz CT molecular complexity index is 314. The van der Waals surface area contributed by atoms with E-state index in [4.69, 9.17) is 4.74 Å². The number of ether oxygens (including phenoxy) is 1. The van der Waals surface area contributed by atoms with Gasteiger partial charge in [0.05, 0.1) is 6.61 Å². The summed E-state index contributed by atoms with van der Waals surface area (Å²) in [5.74, 6) is -0.159. The van der Waals surface area contributed by atoms with Crippen LogP contribution in [-0.4, -0.2) is 30.8 Å². The van der Waals surface area contributed by atoms with Gasteiger partial charge in [-0.05, 0) is 31.3 Å². The van der Waals surface area contributed by atoms with Gasteiger partial charge in [0.2, 0.25) is 0 Å². The van der Waals surface area contributed by atoms with Gasteiger partial charge >= 0.3 is 5.97 Å². The summed E-state index contributed by atoms with van der Waals surface area (Å²) < 4.78 is 4.81. The van der Waals surface area contributed by atoms with E-state index in [0.717, 1.165) is 11.3 Å². The largest absolute Gasteiger partial charge is 0.466 e. The number of thiophene rings is 1. The van der Waals surface area contributed by atoms with Crippen LogP contribution in [0.4, 0.5) is 0 Å². The number of carbonyl (C=O) groups excluding carboxylic acids is 1. The minimum Gasteiger partial charge on any atom is -0.466 e. The molecule has 0 amide bonds. The fourth-order valence-corrected chi connectivity index (χ4v) is 2.12. The number of aliphatic hydroxyl groups excluding tert-OH is 1. The summed E-state index contributed by atoms with van der Waals surface area (Å²) in [6, 6.07) is 3.83. The lowest BCUT2D eigenvalue weighted by atomic mass is 10.2. The van der Waals surface area contributed by atoms with E-state index in [1.165, 1.54) is 0 Å². The van der Waals surface area contributed by atoms with Gasteiger partial charge in [-0.2, -0.15) is 0 Å². The summed E-state index contributed by atoms with van der Waals surface area (Å²) in [4.78, 5) is 12.0. The zero-order chi connectivity index (χ0) is 12.5. The molecule has 1 heterocycles. The number of hydrogen-bond donors (Lipinski definition) is 2. The third-order valence-corrected chi connectivity index (χ3v) is 3.22. The van der Waals surface area contributed by atoms with Gasteiger partial charge in [-0.15, -0.1) is 11.3 Å². The Morgan fingerprint density at radius 3 is 3.12 bits per heavy atom. The third kappa shape index (κ3) is 5.81. The lowest BCUT2D eigenvalue weighted by Crippen LogP contribution is -2.22. The van der Waals surface area contributed by atoms with E-state index in [1.54, 1.807) is 18.3 Å². The molecule has 17 heavy (non-hydrogen) atoms. The monoisotopic (exact) mass is 257 g/mol. The van der Waals surface area contributed by atoms with Crippen LogP contribution in [-0.2, 0) is 9.53 Å². The van der Waals surface area contributed by atoms with Crippen LogP contribution in [0.15, 0.2) is 17.5 Å². The number of aliphatic hydroxyl groups is 1. The highest BCUT2D eigenvalue weighted by Gasteiger charge is 2.07. The van der Waals surface area contributed by atoms with E-state index in [0.29, 0.717) is 26.1 Å². The fraction of sp³-hybridized carbons (Fsp3) is 0.583. The molecule has 1 rings (SSSR count). The molecule has 0 fully saturated rings. The second-order valence-corrected chi connectivity index (χ2v) is 4.62. The molecule has 2 N–H and O–H groups in total. The SMILES string of the molecule is CCOC(=O)CCCNCC(O)c1cccs1. The quantitative estimate of drug-likeness (QED) is 0.550. The number of nitrogens with one attached hydrogen (secondary N) is 1. The topological polar surface area (TPSA) is 58.6 Å². The zero-order valence-electron chi connectivity index (χ0n) is 10.0. The van der Waals surface area contributed by atoms with Gasteiger partial charge in [0.1, 0.15) is 6.10 Å². The Kier molecular flexibility index (Phi) is 6.84. The van der Waals surface area contributed by atoms with E-state index >= 15 is 0 Å². The van der Waals surface area contributed by atoms with Crippen molar-refractivity contribution in [3.8, 4) is 0 Å². The van der Waals surface area contributed by atoms with Crippen molar-refractivity contribution < 1.29 is 14.6 Å². The molecule has 0 radical (unpaired) electrons. The number of carbonyl (C=O) groups is 1. The first kappa shape index (κ1) is 14.2. The van der Waals surface area contributed by atoms with Gasteiger partial charge in [0.25, 0.3) is 0 Å². The molecular formula is C12H19NO3S. The molecule has 0 saturated heterocycles. The van der Waals surface area contributed by atoms with Crippen molar-refractivity contribution in [3.63, 3.8) is 0 Å². The van der Waals surface area contributed by atoms with Gasteiger partial charge in [-0.3, -0.25) is 4.79 Å². The second-order valence-electron chi connectivity index (χ2n) is 3.64. The third-order valence-electron chi connectivity index (χ3n) is 2.25. The number of rotatable bonds is 8. The molecule has 5 heteroatoms. The maximum absolute atomic E-state index is 11.0. The van der Waals surface area contributed by atoms with Crippen LogP contribution in [0, 0.1) is 0 Å². The first-order valence-electron chi connectivity index (χ1n) is 5.81. The van der Waals surface area contributed by atoms with Gasteiger partial charge in [0, 0.05) is 17.8 Å². The highest BCUT2D eigenvalue weighted by atomic mass is 32.1. The first-order valence-corrected chi connectivity index (χ1v) is 6.69. The minimum absolute atomic E-state index is 0.159. The highest BCUT2D eigenvalue weighted by molar-refractivity contribution is 7.10. The zero-order valence-corrected chi connectivity index (χ0v) is 10.8. The van der Waals surface area contributed by atoms with Crippen LogP contribution in [0.1, 0.15) is 30.7 Å². The van der Waals surface area contributed by atoms with Gasteiger partial charge in [-0.1, -0.05) is 6.07 Å². The second kappa shape index (κ2) is 8.22. The average molecular weight is 257 g/mol. The number of hydrogen-bond acceptors (Lipinski definition) is 5. The van der Waals surface area contributed by atoms with E-state index in [-0.39, 0.29) is 5.97 Å². The van der Waals surface area contributed by atoms with Crippen molar-refractivity contribution in [3.05, 3.63) is 22.4 Å². The predicted molar refractivity (Wildman–Crippen MR) is 68.0 cm³/mol. The van der Waals surface area contributed by atoms with Gasteiger partial charge in [0.15, 0.2) is 0 Å². The van der Waals surface area contributed by atoms with Crippen molar-refractivity contribution in [2.24, 2.45) is 0 Å². The summed E-state index contributed by atoms with van der Waals surface area (Å²) in [5, 5.41) is 14.8. The van der Waals surface area contributed by atoms with Crippen molar-refractivity contribution in [1.82, 2.24) is 5.32 Å². The summed E-state index contributed by atoms with van der Waals surface area (Å²) >= 11 is 1.54. The van der Waals surface area contributed by atoms with Crippen molar-refractivity contribution >= 4 is 17.3 Å². The molecule has 1 atom stereocenters. The van der Waals surface area contributed by atoms with Crippen molar-refractivity contribution in [2.45, 2.75) is 25.9 Å². The lowest BCUT2D eigenvalue weighted by molar-refractivity contribution is -0.143. The maximum atomic E-state index is 11.0. The summed E-state index contributed by atoms with van der Waals surface area (Å²) in [6.07, 6.45) is 0.698. The Hall–Kier alpha value is -0.910. The average Bonchev–Trinajstić information content (AvgIpc) is 2.82. The molecule has 0 saturated carbocycles. The molecule has 0 bridgehead atoms. The molecule has 0 aliphatic heterocycles. The standard InChI is InChI=1S/C12H19NO3S/c1-2-16-12(15)6-3-7-13-9-10(14)11-5-4-8-17-11/h4-5,8,10,13-14H,2-3,6-7,9H2,1H3. The summed E-state index contributed by atoms with van der Waals surface area (Å²) in [7, 11) is 0. The molecule has 1 aromatic heterocycles. The molecule has 0 aromatic carbocycles. The smallest absolute Gasteiger partial charge is 0.305 e. The molecule has 1 aromatic rings. The van der Waals surface area contributed by atoms with E-state index in [1.807, 2.05) is 17.5 Å². The van der Waals surface area contributed by atoms with Gasteiger partial charge in [-0.25, -0.2) is 0 Å². The van der Waals surface area contributed by atoms with Gasteiger partial charge < -0.3 is 15.2 Å². The molecular weight excluding hydrogens is 238 g/mol. The number of esters is 1. The van der Waals surface area contributed by atoms with Crippen LogP contribution < -0.4 is 5.32 Å². The molecule has 0 aliphatic carbocycles. The Morgan fingerprint density at radius 1 is 1.65 bits per heavy atom. The predicted octanol–water partition coefficient (Wildman–Crippen LogP) is 1.71. The van der Waals surface area contributed by atoms with Crippen molar-refractivity contribution in [2.75, 3.05) is 19.7 Å². The van der Waals surface area contributed by atoms with E-state index in [2.05, 4.69) is 5.32 Å². The molecule has 4 nitrogen and oxygen atoms in total. The fourth-order valence-electron chi connectivity index (χ4n) is 1.41. The van der Waals surface area contributed by atoms with Crippen LogP contribution >= 0.6 is 11.3 Å².